The van der Waals surface area contributed by atoms with Crippen molar-refractivity contribution >= 4 is 5.91 Å². The maximum atomic E-state index is 12.2. The molecule has 0 aliphatic rings. The van der Waals surface area contributed by atoms with Gasteiger partial charge < -0.3 is 9.64 Å². The predicted octanol–water partition coefficient (Wildman–Crippen LogP) is 3.66. The number of carbonyl (C=O) groups excluding carboxylic acids is 1. The molecule has 0 saturated heterocycles. The number of nitrogens with zero attached hydrogens (tertiary/aromatic N) is 2. The Bertz CT molecular complexity index is 780. The van der Waals surface area contributed by atoms with Gasteiger partial charge in [-0.05, 0) is 35.4 Å². The van der Waals surface area contributed by atoms with E-state index in [0.717, 1.165) is 5.56 Å². The lowest BCUT2D eigenvalue weighted by Gasteiger charge is -2.17. The Morgan fingerprint density at radius 1 is 1.16 bits per heavy atom. The number of benzene rings is 2. The van der Waals surface area contributed by atoms with Crippen molar-refractivity contribution in [3.05, 3.63) is 65.2 Å². The molecule has 7 heteroatoms. The second-order valence-corrected chi connectivity index (χ2v) is 5.43. The molecule has 2 rings (SSSR count). The number of ether oxygens (including phenoxy) is 1. The third-order valence-corrected chi connectivity index (χ3v) is 3.41. The molecule has 0 unspecified atom stereocenters. The van der Waals surface area contributed by atoms with Crippen molar-refractivity contribution < 1.29 is 22.7 Å². The Morgan fingerprint density at radius 2 is 1.84 bits per heavy atom. The number of amides is 1. The minimum absolute atomic E-state index is 0.0563. The van der Waals surface area contributed by atoms with E-state index in [2.05, 4.69) is 4.74 Å². The van der Waals surface area contributed by atoms with Crippen LogP contribution < -0.4 is 4.74 Å². The van der Waals surface area contributed by atoms with E-state index in [1.54, 1.807) is 25.2 Å². The van der Waals surface area contributed by atoms with E-state index in [-0.39, 0.29) is 18.1 Å². The molecule has 0 aliphatic carbocycles. The van der Waals surface area contributed by atoms with Gasteiger partial charge >= 0.3 is 6.36 Å². The average Bonchev–Trinajstić information content (AvgIpc) is 2.55. The van der Waals surface area contributed by atoms with Crippen molar-refractivity contribution in [2.45, 2.75) is 19.3 Å². The van der Waals surface area contributed by atoms with E-state index in [9.17, 15) is 18.0 Å². The highest BCUT2D eigenvalue weighted by Gasteiger charge is 2.30. The summed E-state index contributed by atoms with van der Waals surface area (Å²) in [6.07, 6.45) is -4.68. The molecular weight excluding hydrogens is 333 g/mol. The van der Waals surface area contributed by atoms with E-state index >= 15 is 0 Å². The summed E-state index contributed by atoms with van der Waals surface area (Å²) >= 11 is 0. The summed E-state index contributed by atoms with van der Waals surface area (Å²) in [5.74, 6) is -0.516. The molecule has 0 radical (unpaired) electrons. The van der Waals surface area contributed by atoms with Crippen molar-refractivity contribution in [2.24, 2.45) is 0 Å². The van der Waals surface area contributed by atoms with Crippen LogP contribution in [0.5, 0.6) is 5.75 Å². The van der Waals surface area contributed by atoms with Crippen LogP contribution in [0.4, 0.5) is 13.2 Å². The number of carbonyl (C=O) groups is 1. The molecule has 4 nitrogen and oxygen atoms in total. The Labute approximate surface area is 143 Å². The topological polar surface area (TPSA) is 53.3 Å². The van der Waals surface area contributed by atoms with Gasteiger partial charge in [0.15, 0.2) is 0 Å². The fourth-order valence-electron chi connectivity index (χ4n) is 2.22. The Kier molecular flexibility index (Phi) is 5.65. The normalized spacial score (nSPS) is 10.8. The molecule has 1 amide bonds. The first-order valence-corrected chi connectivity index (χ1v) is 7.34. The Morgan fingerprint density at radius 3 is 2.44 bits per heavy atom. The largest absolute Gasteiger partial charge is 0.573 e. The van der Waals surface area contributed by atoms with Crippen LogP contribution in [0.25, 0.3) is 0 Å². The predicted molar refractivity (Wildman–Crippen MR) is 84.5 cm³/mol. The van der Waals surface area contributed by atoms with Gasteiger partial charge in [-0.15, -0.1) is 13.2 Å². The summed E-state index contributed by atoms with van der Waals surface area (Å²) in [5, 5.41) is 8.88. The zero-order valence-electron chi connectivity index (χ0n) is 13.4. The Hall–Kier alpha value is -3.01. The molecule has 0 N–H and O–H groups in total. The SMILES string of the molecule is CN(Cc1cccc(C#N)c1)C(=O)Cc1ccc(OC(F)(F)F)cc1. The molecule has 0 aliphatic heterocycles. The first-order chi connectivity index (χ1) is 11.8. The molecule has 0 bridgehead atoms. The van der Waals surface area contributed by atoms with Gasteiger partial charge in [0, 0.05) is 13.6 Å². The summed E-state index contributed by atoms with van der Waals surface area (Å²) in [4.78, 5) is 13.7. The van der Waals surface area contributed by atoms with Gasteiger partial charge in [0.1, 0.15) is 5.75 Å². The first-order valence-electron chi connectivity index (χ1n) is 7.34. The van der Waals surface area contributed by atoms with Crippen LogP contribution in [0.2, 0.25) is 0 Å². The van der Waals surface area contributed by atoms with Crippen LogP contribution in [0.1, 0.15) is 16.7 Å². The van der Waals surface area contributed by atoms with Gasteiger partial charge in [-0.3, -0.25) is 4.79 Å². The molecule has 0 fully saturated rings. The fourth-order valence-corrected chi connectivity index (χ4v) is 2.22. The number of halogens is 3. The van der Waals surface area contributed by atoms with Crippen molar-refractivity contribution in [1.82, 2.24) is 4.90 Å². The lowest BCUT2D eigenvalue weighted by molar-refractivity contribution is -0.274. The highest BCUT2D eigenvalue weighted by molar-refractivity contribution is 5.78. The number of nitriles is 1. The molecular formula is C18H15F3N2O2. The van der Waals surface area contributed by atoms with Crippen molar-refractivity contribution in [3.8, 4) is 11.8 Å². The first kappa shape index (κ1) is 18.3. The number of hydrogen-bond acceptors (Lipinski definition) is 3. The van der Waals surface area contributed by atoms with Crippen LogP contribution in [0, 0.1) is 11.3 Å². The quantitative estimate of drug-likeness (QED) is 0.829. The van der Waals surface area contributed by atoms with Crippen LogP contribution in [0.3, 0.4) is 0 Å². The third-order valence-electron chi connectivity index (χ3n) is 3.41. The summed E-state index contributed by atoms with van der Waals surface area (Å²) in [6, 6.07) is 14.2. The summed E-state index contributed by atoms with van der Waals surface area (Å²) in [5.41, 5.74) is 1.92. The number of alkyl halides is 3. The zero-order chi connectivity index (χ0) is 18.4. The monoisotopic (exact) mass is 348 g/mol. The summed E-state index contributed by atoms with van der Waals surface area (Å²) in [7, 11) is 1.63. The molecule has 0 aromatic heterocycles. The Balaban J connectivity index is 1.95. The molecule has 0 spiro atoms. The van der Waals surface area contributed by atoms with Crippen LogP contribution >= 0.6 is 0 Å². The van der Waals surface area contributed by atoms with Gasteiger partial charge in [0.25, 0.3) is 0 Å². The standard InChI is InChI=1S/C18H15F3N2O2/c1-23(12-15-4-2-3-14(9-15)11-22)17(24)10-13-5-7-16(8-6-13)25-18(19,20)21/h2-9H,10,12H2,1H3. The maximum absolute atomic E-state index is 12.2. The van der Waals surface area contributed by atoms with Gasteiger partial charge in [-0.25, -0.2) is 0 Å². The molecule has 0 heterocycles. The highest BCUT2D eigenvalue weighted by atomic mass is 19.4. The zero-order valence-corrected chi connectivity index (χ0v) is 13.4. The third kappa shape index (κ3) is 5.84. The van der Waals surface area contributed by atoms with E-state index in [0.29, 0.717) is 17.7 Å². The smallest absolute Gasteiger partial charge is 0.406 e. The van der Waals surface area contributed by atoms with Gasteiger partial charge in [-0.2, -0.15) is 5.26 Å². The molecule has 25 heavy (non-hydrogen) atoms. The van der Waals surface area contributed by atoms with Crippen molar-refractivity contribution in [1.29, 1.82) is 5.26 Å². The van der Waals surface area contributed by atoms with Crippen LogP contribution in [-0.4, -0.2) is 24.2 Å². The average molecular weight is 348 g/mol. The second-order valence-electron chi connectivity index (χ2n) is 5.43. The van der Waals surface area contributed by atoms with Gasteiger partial charge in [0.05, 0.1) is 18.1 Å². The number of likely N-dealkylation sites (N-methyl/N-ethyl adjacent to an activating group) is 1. The highest BCUT2D eigenvalue weighted by Crippen LogP contribution is 2.23. The fraction of sp³-hybridized carbons (Fsp3) is 0.222. The number of rotatable bonds is 5. The van der Waals surface area contributed by atoms with Gasteiger partial charge in [-0.1, -0.05) is 24.3 Å². The molecule has 130 valence electrons. The van der Waals surface area contributed by atoms with E-state index < -0.39 is 6.36 Å². The van der Waals surface area contributed by atoms with Crippen molar-refractivity contribution in [2.75, 3.05) is 7.05 Å². The van der Waals surface area contributed by atoms with E-state index in [1.165, 1.54) is 29.2 Å². The molecule has 0 atom stereocenters. The minimum Gasteiger partial charge on any atom is -0.406 e. The van der Waals surface area contributed by atoms with Crippen LogP contribution in [-0.2, 0) is 17.8 Å². The van der Waals surface area contributed by atoms with Gasteiger partial charge in [0.2, 0.25) is 5.91 Å². The summed E-state index contributed by atoms with van der Waals surface area (Å²) in [6.45, 7) is 0.337. The van der Waals surface area contributed by atoms with E-state index in [1.807, 2.05) is 12.1 Å². The van der Waals surface area contributed by atoms with Crippen molar-refractivity contribution in [3.63, 3.8) is 0 Å². The van der Waals surface area contributed by atoms with E-state index in [4.69, 9.17) is 5.26 Å². The molecule has 2 aromatic carbocycles. The van der Waals surface area contributed by atoms with Crippen LogP contribution in [0.15, 0.2) is 48.5 Å². The lowest BCUT2D eigenvalue weighted by Crippen LogP contribution is -2.27. The maximum Gasteiger partial charge on any atom is 0.573 e. The minimum atomic E-state index is -4.74. The molecule has 2 aromatic rings. The lowest BCUT2D eigenvalue weighted by atomic mass is 10.1. The second kappa shape index (κ2) is 7.71. The number of hydrogen-bond donors (Lipinski definition) is 0. The summed E-state index contributed by atoms with van der Waals surface area (Å²) < 4.78 is 40.1. The molecule has 0 saturated carbocycles.